The third kappa shape index (κ3) is 6.45. The minimum absolute atomic E-state index is 0.882. The molecule has 0 heterocycles. The molecule has 0 nitrogen and oxygen atoms in total. The highest BCUT2D eigenvalue weighted by Gasteiger charge is 2.01. The first kappa shape index (κ1) is 11.7. The predicted molar refractivity (Wildman–Crippen MR) is 57.4 cm³/mol. The Balaban J connectivity index is 3.53. The van der Waals surface area contributed by atoms with Crippen LogP contribution < -0.4 is 0 Å². The van der Waals surface area contributed by atoms with Gasteiger partial charge in [0.2, 0.25) is 0 Å². The number of allylic oxidation sites excluding steroid dienone is 2. The molecule has 0 rings (SSSR count). The lowest BCUT2D eigenvalue weighted by atomic mass is 9.96. The fourth-order valence-corrected chi connectivity index (χ4v) is 1.64. The first-order valence-corrected chi connectivity index (χ1v) is 5.36. The van der Waals surface area contributed by atoms with Gasteiger partial charge in [-0.1, -0.05) is 51.7 Å². The highest BCUT2D eigenvalue weighted by molar-refractivity contribution is 4.98. The Morgan fingerprint density at radius 2 is 2.00 bits per heavy atom. The van der Waals surface area contributed by atoms with Crippen molar-refractivity contribution in [2.45, 2.75) is 59.8 Å². The molecule has 0 aliphatic heterocycles. The van der Waals surface area contributed by atoms with Crippen LogP contribution >= 0.6 is 0 Å². The Hall–Kier alpha value is -0.260. The van der Waals surface area contributed by atoms with Crippen LogP contribution in [0.5, 0.6) is 0 Å². The highest BCUT2D eigenvalue weighted by Crippen LogP contribution is 2.17. The Bertz CT molecular complexity index is 122. The maximum atomic E-state index is 2.36. The number of hydrogen-bond acceptors (Lipinski definition) is 0. The first-order chi connectivity index (χ1) is 5.70. The third-order valence-corrected chi connectivity index (χ3v) is 2.27. The molecule has 0 bridgehead atoms. The van der Waals surface area contributed by atoms with Crippen molar-refractivity contribution in [2.75, 3.05) is 0 Å². The zero-order valence-electron chi connectivity index (χ0n) is 9.19. The van der Waals surface area contributed by atoms with E-state index in [0.29, 0.717) is 0 Å². The van der Waals surface area contributed by atoms with Crippen LogP contribution in [0.2, 0.25) is 0 Å². The summed E-state index contributed by atoms with van der Waals surface area (Å²) >= 11 is 0. The van der Waals surface area contributed by atoms with Crippen molar-refractivity contribution in [2.24, 2.45) is 5.92 Å². The van der Waals surface area contributed by atoms with Gasteiger partial charge in [-0.25, -0.2) is 0 Å². The molecule has 0 aromatic rings. The zero-order valence-corrected chi connectivity index (χ0v) is 9.19. The van der Waals surface area contributed by atoms with Crippen LogP contribution in [0.4, 0.5) is 0 Å². The summed E-state index contributed by atoms with van der Waals surface area (Å²) in [6.45, 7) is 9.09. The number of hydrogen-bond donors (Lipinski definition) is 0. The van der Waals surface area contributed by atoms with Crippen LogP contribution in [0.3, 0.4) is 0 Å². The van der Waals surface area contributed by atoms with Gasteiger partial charge in [-0.05, 0) is 25.7 Å². The van der Waals surface area contributed by atoms with Gasteiger partial charge in [0.05, 0.1) is 0 Å². The zero-order chi connectivity index (χ0) is 9.40. The molecule has 72 valence electrons. The topological polar surface area (TPSA) is 0 Å². The van der Waals surface area contributed by atoms with Crippen LogP contribution in [-0.4, -0.2) is 0 Å². The minimum Gasteiger partial charge on any atom is -0.0859 e. The van der Waals surface area contributed by atoms with Gasteiger partial charge >= 0.3 is 0 Å². The molecule has 12 heavy (non-hydrogen) atoms. The summed E-state index contributed by atoms with van der Waals surface area (Å²) in [5, 5.41) is 0. The predicted octanol–water partition coefficient (Wildman–Crippen LogP) is 4.56. The van der Waals surface area contributed by atoms with Crippen LogP contribution in [0, 0.1) is 5.92 Å². The van der Waals surface area contributed by atoms with E-state index >= 15 is 0 Å². The fourth-order valence-electron chi connectivity index (χ4n) is 1.64. The van der Waals surface area contributed by atoms with Crippen LogP contribution in [0.25, 0.3) is 0 Å². The molecule has 0 radical (unpaired) electrons. The van der Waals surface area contributed by atoms with Crippen molar-refractivity contribution in [1.82, 2.24) is 0 Å². The van der Waals surface area contributed by atoms with E-state index in [9.17, 15) is 0 Å². The maximum Gasteiger partial charge on any atom is -0.0297 e. The fraction of sp³-hybridized carbons (Fsp3) is 0.833. The van der Waals surface area contributed by atoms with Crippen LogP contribution in [-0.2, 0) is 0 Å². The molecule has 0 aliphatic carbocycles. The van der Waals surface area contributed by atoms with E-state index in [-0.39, 0.29) is 0 Å². The van der Waals surface area contributed by atoms with E-state index in [1.54, 1.807) is 5.57 Å². The first-order valence-electron chi connectivity index (χ1n) is 5.36. The van der Waals surface area contributed by atoms with Crippen LogP contribution in [0.15, 0.2) is 11.6 Å². The van der Waals surface area contributed by atoms with Gasteiger partial charge in [0.15, 0.2) is 0 Å². The van der Waals surface area contributed by atoms with Crippen LogP contribution in [0.1, 0.15) is 59.8 Å². The van der Waals surface area contributed by atoms with E-state index < -0.39 is 0 Å². The minimum atomic E-state index is 0.882. The van der Waals surface area contributed by atoms with Gasteiger partial charge < -0.3 is 0 Å². The van der Waals surface area contributed by atoms with E-state index in [4.69, 9.17) is 0 Å². The average Bonchev–Trinajstić information content (AvgIpc) is 2.01. The Kier molecular flexibility index (Phi) is 7.23. The molecule has 1 atom stereocenters. The second kappa shape index (κ2) is 7.39. The lowest BCUT2D eigenvalue weighted by molar-refractivity contribution is 0.501. The molecule has 0 aromatic carbocycles. The van der Waals surface area contributed by atoms with Crippen molar-refractivity contribution < 1.29 is 0 Å². The second-order valence-electron chi connectivity index (χ2n) is 3.91. The quantitative estimate of drug-likeness (QED) is 0.510. The summed E-state index contributed by atoms with van der Waals surface area (Å²) in [5.41, 5.74) is 1.57. The van der Waals surface area contributed by atoms with E-state index in [0.717, 1.165) is 5.92 Å². The average molecular weight is 168 g/mol. The second-order valence-corrected chi connectivity index (χ2v) is 3.91. The molecule has 0 fully saturated rings. The molecule has 0 spiro atoms. The monoisotopic (exact) mass is 168 g/mol. The molecule has 0 heteroatoms. The van der Waals surface area contributed by atoms with Crippen molar-refractivity contribution in [1.29, 1.82) is 0 Å². The summed E-state index contributed by atoms with van der Waals surface area (Å²) < 4.78 is 0. The summed E-state index contributed by atoms with van der Waals surface area (Å²) in [6.07, 6.45) is 8.95. The largest absolute Gasteiger partial charge is 0.0859 e. The lowest BCUT2D eigenvalue weighted by Gasteiger charge is -2.10. The van der Waals surface area contributed by atoms with Crippen molar-refractivity contribution in [3.8, 4) is 0 Å². The van der Waals surface area contributed by atoms with Gasteiger partial charge in [-0.15, -0.1) is 0 Å². The van der Waals surface area contributed by atoms with E-state index in [2.05, 4.69) is 33.8 Å². The summed E-state index contributed by atoms with van der Waals surface area (Å²) in [5.74, 6) is 0.882. The molecule has 0 amide bonds. The number of unbranched alkanes of at least 4 members (excludes halogenated alkanes) is 1. The van der Waals surface area contributed by atoms with E-state index in [1.165, 1.54) is 32.1 Å². The van der Waals surface area contributed by atoms with Gasteiger partial charge in [0, 0.05) is 0 Å². The molecule has 0 saturated heterocycles. The maximum absolute atomic E-state index is 2.36. The molecule has 0 aromatic heterocycles. The van der Waals surface area contributed by atoms with E-state index in [1.807, 2.05) is 0 Å². The van der Waals surface area contributed by atoms with Gasteiger partial charge in [-0.3, -0.25) is 0 Å². The summed E-state index contributed by atoms with van der Waals surface area (Å²) in [7, 11) is 0. The molecular formula is C12H24. The highest BCUT2D eigenvalue weighted by atomic mass is 14.1. The number of rotatable bonds is 6. The summed E-state index contributed by atoms with van der Waals surface area (Å²) in [4.78, 5) is 0. The van der Waals surface area contributed by atoms with Gasteiger partial charge in [0.1, 0.15) is 0 Å². The molecule has 0 saturated carbocycles. The SMILES string of the molecule is CCC=C(C)CC(C)CCCC. The Labute approximate surface area is 78.1 Å². The van der Waals surface area contributed by atoms with Crippen molar-refractivity contribution >= 4 is 0 Å². The smallest absolute Gasteiger partial charge is 0.0297 e. The Morgan fingerprint density at radius 1 is 1.33 bits per heavy atom. The van der Waals surface area contributed by atoms with Gasteiger partial charge in [0.25, 0.3) is 0 Å². The molecule has 0 aliphatic rings. The van der Waals surface area contributed by atoms with Crippen molar-refractivity contribution in [3.63, 3.8) is 0 Å². The molecule has 0 N–H and O–H groups in total. The van der Waals surface area contributed by atoms with Gasteiger partial charge in [-0.2, -0.15) is 0 Å². The standard InChI is InChI=1S/C12H24/c1-5-7-9-12(4)10-11(3)8-6-2/h8,12H,5-7,9-10H2,1-4H3. The third-order valence-electron chi connectivity index (χ3n) is 2.27. The Morgan fingerprint density at radius 3 is 2.50 bits per heavy atom. The normalized spacial score (nSPS) is 14.8. The molecular weight excluding hydrogens is 144 g/mol. The molecule has 1 unspecified atom stereocenters. The van der Waals surface area contributed by atoms with Crippen molar-refractivity contribution in [3.05, 3.63) is 11.6 Å². The lowest BCUT2D eigenvalue weighted by Crippen LogP contribution is -1.95. The summed E-state index contributed by atoms with van der Waals surface area (Å²) in [6, 6.07) is 0.